The van der Waals surface area contributed by atoms with Crippen molar-refractivity contribution in [3.63, 3.8) is 0 Å². The lowest BCUT2D eigenvalue weighted by Crippen LogP contribution is -2.44. The summed E-state index contributed by atoms with van der Waals surface area (Å²) in [7, 11) is 0. The van der Waals surface area contributed by atoms with Crippen molar-refractivity contribution in [2.24, 2.45) is 0 Å². The summed E-state index contributed by atoms with van der Waals surface area (Å²) in [5, 5.41) is 0. The fourth-order valence-corrected chi connectivity index (χ4v) is 2.76. The lowest BCUT2D eigenvalue weighted by atomic mass is 10.2. The number of ether oxygens (including phenoxy) is 2. The van der Waals surface area contributed by atoms with Crippen LogP contribution in [0.3, 0.4) is 0 Å². The number of alkyl halides is 4. The summed E-state index contributed by atoms with van der Waals surface area (Å²) in [6.45, 7) is 9.53. The first-order valence-electron chi connectivity index (χ1n) is 9.95. The zero-order valence-corrected chi connectivity index (χ0v) is 23.2. The van der Waals surface area contributed by atoms with Crippen LogP contribution in [-0.4, -0.2) is 43.3 Å². The van der Waals surface area contributed by atoms with Gasteiger partial charge in [0.1, 0.15) is 22.6 Å². The zero-order chi connectivity index (χ0) is 28.0. The molecule has 0 aliphatic heterocycles. The number of nitrogen functional groups attached to an aromatic ring is 1. The second kappa shape index (κ2) is 12.6. The van der Waals surface area contributed by atoms with Crippen molar-refractivity contribution < 1.29 is 36.6 Å². The molecule has 0 aliphatic rings. The summed E-state index contributed by atoms with van der Waals surface area (Å²) in [6.07, 6.45) is -5.62. The third kappa shape index (κ3) is 10.2. The van der Waals surface area contributed by atoms with E-state index < -0.39 is 47.9 Å². The van der Waals surface area contributed by atoms with Crippen LogP contribution in [0.5, 0.6) is 0 Å². The number of aromatic nitrogens is 4. The zero-order valence-electron chi connectivity index (χ0n) is 20.0. The number of anilines is 2. The number of carbonyl (C=O) groups is 2. The quantitative estimate of drug-likeness (QED) is 0.365. The Morgan fingerprint density at radius 1 is 0.833 bits per heavy atom. The van der Waals surface area contributed by atoms with Crippen LogP contribution in [0.15, 0.2) is 21.3 Å². The van der Waals surface area contributed by atoms with Gasteiger partial charge in [-0.2, -0.15) is 0 Å². The number of hydrogen-bond acceptors (Lipinski definition) is 9. The Morgan fingerprint density at radius 3 is 1.58 bits per heavy atom. The van der Waals surface area contributed by atoms with Gasteiger partial charge in [-0.1, -0.05) is 0 Å². The molecule has 36 heavy (non-hydrogen) atoms. The molecule has 10 nitrogen and oxygen atoms in total. The van der Waals surface area contributed by atoms with Crippen LogP contribution in [0.25, 0.3) is 0 Å². The predicted molar refractivity (Wildman–Crippen MR) is 129 cm³/mol. The van der Waals surface area contributed by atoms with Gasteiger partial charge in [-0.15, -0.1) is 4.90 Å². The van der Waals surface area contributed by atoms with Gasteiger partial charge in [-0.05, 0) is 73.4 Å². The molecule has 0 fully saturated rings. The summed E-state index contributed by atoms with van der Waals surface area (Å²) < 4.78 is 60.5. The Labute approximate surface area is 221 Å². The SMILES string of the molecule is CC(C)(C)OC(=O)N(C(=O)OC(C)(C)C)c1ncc(Br)c(C(F)F)n1.Nc1ncc(Br)c(C(F)F)n1. The predicted octanol–water partition coefficient (Wildman–Crippen LogP) is 6.61. The number of nitrogens with zero attached hydrogens (tertiary/aromatic N) is 5. The molecule has 2 amide bonds. The molecule has 0 radical (unpaired) electrons. The molecular weight excluding hydrogens is 624 g/mol. The fourth-order valence-electron chi connectivity index (χ4n) is 2.03. The summed E-state index contributed by atoms with van der Waals surface area (Å²) in [4.78, 5) is 39.3. The van der Waals surface area contributed by atoms with Crippen LogP contribution in [0.4, 0.5) is 39.0 Å². The van der Waals surface area contributed by atoms with E-state index >= 15 is 0 Å². The van der Waals surface area contributed by atoms with E-state index in [0.717, 1.165) is 6.20 Å². The number of carbonyl (C=O) groups excluding carboxylic acids is 2. The highest BCUT2D eigenvalue weighted by Crippen LogP contribution is 2.28. The van der Waals surface area contributed by atoms with Crippen LogP contribution >= 0.6 is 31.9 Å². The maximum Gasteiger partial charge on any atom is 0.427 e. The third-order valence-electron chi connectivity index (χ3n) is 3.31. The van der Waals surface area contributed by atoms with Crippen LogP contribution in [0.2, 0.25) is 0 Å². The summed E-state index contributed by atoms with van der Waals surface area (Å²) >= 11 is 5.77. The Morgan fingerprint density at radius 2 is 1.22 bits per heavy atom. The maximum absolute atomic E-state index is 13.0. The van der Waals surface area contributed by atoms with E-state index in [1.54, 1.807) is 41.5 Å². The van der Waals surface area contributed by atoms with Crippen molar-refractivity contribution in [3.8, 4) is 0 Å². The Bertz CT molecular complexity index is 1050. The van der Waals surface area contributed by atoms with E-state index in [1.807, 2.05) is 0 Å². The van der Waals surface area contributed by atoms with Crippen molar-refractivity contribution >= 4 is 55.9 Å². The van der Waals surface area contributed by atoms with Gasteiger partial charge in [0, 0.05) is 12.4 Å². The van der Waals surface area contributed by atoms with Crippen LogP contribution < -0.4 is 10.6 Å². The average Bonchev–Trinajstić information content (AvgIpc) is 2.68. The second-order valence-corrected chi connectivity index (χ2v) is 10.5. The van der Waals surface area contributed by atoms with Gasteiger partial charge in [0.05, 0.1) is 8.95 Å². The molecule has 0 bridgehead atoms. The molecule has 0 spiro atoms. The fraction of sp³-hybridized carbons (Fsp3) is 0.500. The standard InChI is InChI=1S/C15H20BrF2N3O4.C5H4BrF2N3/c1-14(2,3)24-12(22)21(13(23)25-15(4,5)6)11-19-7-8(16)9(20-11)10(17)18;6-2-1-10-5(9)11-3(2)4(7)8/h7,10H,1-6H3;1,4H,(H2,9,10,11). The monoisotopic (exact) mass is 646 g/mol. The topological polar surface area (TPSA) is 133 Å². The summed E-state index contributed by atoms with van der Waals surface area (Å²) in [5.74, 6) is -0.717. The van der Waals surface area contributed by atoms with Gasteiger partial charge in [0.25, 0.3) is 12.9 Å². The van der Waals surface area contributed by atoms with Gasteiger partial charge < -0.3 is 15.2 Å². The average molecular weight is 648 g/mol. The Kier molecular flexibility index (Phi) is 11.0. The summed E-state index contributed by atoms with van der Waals surface area (Å²) in [5.41, 5.74) is 2.18. The lowest BCUT2D eigenvalue weighted by Gasteiger charge is -2.27. The first kappa shape index (κ1) is 31.4. The molecule has 0 saturated heterocycles. The van der Waals surface area contributed by atoms with Crippen LogP contribution in [0, 0.1) is 0 Å². The minimum Gasteiger partial charge on any atom is -0.443 e. The molecule has 2 N–H and O–H groups in total. The molecule has 16 heteroatoms. The van der Waals surface area contributed by atoms with E-state index in [0.29, 0.717) is 4.90 Å². The number of hydrogen-bond donors (Lipinski definition) is 1. The highest BCUT2D eigenvalue weighted by molar-refractivity contribution is 9.10. The van der Waals surface area contributed by atoms with Gasteiger partial charge in [0.15, 0.2) is 0 Å². The highest BCUT2D eigenvalue weighted by Gasteiger charge is 2.35. The van der Waals surface area contributed by atoms with E-state index in [1.165, 1.54) is 6.20 Å². The van der Waals surface area contributed by atoms with Gasteiger partial charge in [-0.3, -0.25) is 0 Å². The van der Waals surface area contributed by atoms with E-state index in [4.69, 9.17) is 15.2 Å². The number of nitrogens with two attached hydrogens (primary N) is 1. The Balaban J connectivity index is 0.000000488. The molecule has 2 aromatic rings. The molecule has 0 unspecified atom stereocenters. The molecule has 2 rings (SSSR count). The Hall–Kier alpha value is -2.62. The van der Waals surface area contributed by atoms with Crippen LogP contribution in [0.1, 0.15) is 65.8 Å². The molecule has 0 atom stereocenters. The summed E-state index contributed by atoms with van der Waals surface area (Å²) in [6, 6.07) is 0. The molecular formula is C20H24Br2F4N6O4. The molecule has 2 aromatic heterocycles. The maximum atomic E-state index is 13.0. The van der Waals surface area contributed by atoms with E-state index in [9.17, 15) is 27.2 Å². The van der Waals surface area contributed by atoms with Crippen molar-refractivity contribution in [3.05, 3.63) is 32.7 Å². The van der Waals surface area contributed by atoms with E-state index in [2.05, 4.69) is 51.8 Å². The molecule has 2 heterocycles. The molecule has 0 aromatic carbocycles. The van der Waals surface area contributed by atoms with Crippen molar-refractivity contribution in [2.45, 2.75) is 65.6 Å². The lowest BCUT2D eigenvalue weighted by molar-refractivity contribution is 0.0426. The number of imide groups is 1. The van der Waals surface area contributed by atoms with Crippen molar-refractivity contribution in [1.82, 2.24) is 19.9 Å². The van der Waals surface area contributed by atoms with Gasteiger partial charge in [0.2, 0.25) is 11.9 Å². The number of halogens is 6. The third-order valence-corrected chi connectivity index (χ3v) is 4.54. The smallest absolute Gasteiger partial charge is 0.427 e. The van der Waals surface area contributed by atoms with Crippen molar-refractivity contribution in [1.29, 1.82) is 0 Å². The molecule has 200 valence electrons. The van der Waals surface area contributed by atoms with Crippen LogP contribution in [-0.2, 0) is 9.47 Å². The minimum absolute atomic E-state index is 0.0559. The highest BCUT2D eigenvalue weighted by atomic mass is 79.9. The van der Waals surface area contributed by atoms with Gasteiger partial charge >= 0.3 is 12.2 Å². The number of rotatable bonds is 3. The molecule has 0 aliphatic carbocycles. The first-order valence-corrected chi connectivity index (χ1v) is 11.5. The van der Waals surface area contributed by atoms with Gasteiger partial charge in [-0.25, -0.2) is 47.1 Å². The normalized spacial score (nSPS) is 11.6. The first-order chi connectivity index (χ1) is 16.3. The van der Waals surface area contributed by atoms with Crippen molar-refractivity contribution in [2.75, 3.05) is 10.6 Å². The molecule has 0 saturated carbocycles. The minimum atomic E-state index is -2.93. The number of amides is 2. The van der Waals surface area contributed by atoms with E-state index in [-0.39, 0.29) is 20.6 Å². The largest absolute Gasteiger partial charge is 0.443 e. The second-order valence-electron chi connectivity index (χ2n) is 8.76.